The summed E-state index contributed by atoms with van der Waals surface area (Å²) in [5.41, 5.74) is 2.46. The Morgan fingerprint density at radius 1 is 1.40 bits per heavy atom. The quantitative estimate of drug-likeness (QED) is 0.863. The first-order valence-electron chi connectivity index (χ1n) is 7.22. The van der Waals surface area contributed by atoms with Crippen LogP contribution >= 0.6 is 0 Å². The topological polar surface area (TPSA) is 44.7 Å². The summed E-state index contributed by atoms with van der Waals surface area (Å²) >= 11 is 0. The van der Waals surface area contributed by atoms with E-state index in [1.807, 2.05) is 18.2 Å². The summed E-state index contributed by atoms with van der Waals surface area (Å²) in [6.45, 7) is 3.25. The average Bonchev–Trinajstić information content (AvgIpc) is 2.83. The van der Waals surface area contributed by atoms with Crippen molar-refractivity contribution in [1.29, 1.82) is 0 Å². The Labute approximate surface area is 120 Å². The summed E-state index contributed by atoms with van der Waals surface area (Å²) in [7, 11) is 2.12. The summed E-state index contributed by atoms with van der Waals surface area (Å²) in [4.78, 5) is 2.29. The van der Waals surface area contributed by atoms with Crippen molar-refractivity contribution >= 4 is 6.08 Å². The molecule has 0 spiro atoms. The highest BCUT2D eigenvalue weighted by Gasteiger charge is 2.23. The van der Waals surface area contributed by atoms with E-state index in [-0.39, 0.29) is 6.10 Å². The smallest absolute Gasteiger partial charge is 0.127 e. The van der Waals surface area contributed by atoms with Gasteiger partial charge in [0.1, 0.15) is 12.4 Å². The van der Waals surface area contributed by atoms with Gasteiger partial charge in [0.15, 0.2) is 0 Å². The molecule has 0 aliphatic carbocycles. The van der Waals surface area contributed by atoms with Gasteiger partial charge in [-0.25, -0.2) is 0 Å². The number of aliphatic hydroxyl groups excluding tert-OH is 1. The van der Waals surface area contributed by atoms with Gasteiger partial charge in [-0.3, -0.25) is 0 Å². The number of nitrogens with one attached hydrogen (secondary N) is 1. The molecule has 1 saturated heterocycles. The van der Waals surface area contributed by atoms with E-state index in [1.54, 1.807) is 0 Å². The zero-order valence-electron chi connectivity index (χ0n) is 11.9. The van der Waals surface area contributed by atoms with Gasteiger partial charge < -0.3 is 20.1 Å². The van der Waals surface area contributed by atoms with Crippen LogP contribution in [0.3, 0.4) is 0 Å². The number of ether oxygens (including phenoxy) is 1. The van der Waals surface area contributed by atoms with Gasteiger partial charge in [0.05, 0.1) is 6.10 Å². The number of likely N-dealkylation sites (N-methyl/N-ethyl adjacent to an activating group) is 1. The molecule has 4 heteroatoms. The van der Waals surface area contributed by atoms with Gasteiger partial charge >= 0.3 is 0 Å². The minimum Gasteiger partial charge on any atom is -0.489 e. The molecule has 2 atom stereocenters. The van der Waals surface area contributed by atoms with E-state index in [0.29, 0.717) is 12.6 Å². The third kappa shape index (κ3) is 3.20. The molecule has 1 aromatic carbocycles. The number of hydrogen-bond donors (Lipinski definition) is 2. The van der Waals surface area contributed by atoms with Crippen LogP contribution in [-0.4, -0.2) is 55.4 Å². The second-order valence-corrected chi connectivity index (χ2v) is 5.82. The largest absolute Gasteiger partial charge is 0.489 e. The molecule has 0 amide bonds. The lowest BCUT2D eigenvalue weighted by molar-refractivity contribution is 0.190. The van der Waals surface area contributed by atoms with Crippen LogP contribution in [-0.2, 0) is 0 Å². The zero-order chi connectivity index (χ0) is 13.9. The summed E-state index contributed by atoms with van der Waals surface area (Å²) < 4.78 is 5.77. The van der Waals surface area contributed by atoms with E-state index in [9.17, 15) is 5.11 Å². The van der Waals surface area contributed by atoms with Crippen molar-refractivity contribution < 1.29 is 9.84 Å². The van der Waals surface area contributed by atoms with Crippen molar-refractivity contribution in [1.82, 2.24) is 10.2 Å². The predicted molar refractivity (Wildman–Crippen MR) is 79.8 cm³/mol. The first-order valence-corrected chi connectivity index (χ1v) is 7.22. The van der Waals surface area contributed by atoms with Gasteiger partial charge in [-0.2, -0.15) is 0 Å². The molecule has 2 aliphatic rings. The maximum absolute atomic E-state index is 9.53. The summed E-state index contributed by atoms with van der Waals surface area (Å²) in [5.74, 6) is 0.972. The van der Waals surface area contributed by atoms with Crippen LogP contribution in [0.5, 0.6) is 5.75 Å². The van der Waals surface area contributed by atoms with Crippen molar-refractivity contribution in [3.05, 3.63) is 35.4 Å². The van der Waals surface area contributed by atoms with Crippen LogP contribution in [0.15, 0.2) is 29.8 Å². The number of aliphatic hydroxyl groups is 1. The fourth-order valence-electron chi connectivity index (χ4n) is 2.98. The zero-order valence-corrected chi connectivity index (χ0v) is 11.9. The minimum atomic E-state index is -0.183. The van der Waals surface area contributed by atoms with Gasteiger partial charge in [0.25, 0.3) is 0 Å². The number of para-hydroxylation sites is 1. The molecule has 2 N–H and O–H groups in total. The predicted octanol–water partition coefficient (Wildman–Crippen LogP) is 1.12. The second-order valence-electron chi connectivity index (χ2n) is 5.82. The average molecular weight is 274 g/mol. The van der Waals surface area contributed by atoms with Crippen molar-refractivity contribution in [2.45, 2.75) is 18.6 Å². The molecule has 4 nitrogen and oxygen atoms in total. The molecule has 0 unspecified atom stereocenters. The number of benzene rings is 1. The number of β-amino-alcohol motifs (C(OH)–C–C–N with tert-alkyl or cyclic N) is 1. The first-order chi connectivity index (χ1) is 9.70. The van der Waals surface area contributed by atoms with Crippen LogP contribution < -0.4 is 10.1 Å². The van der Waals surface area contributed by atoms with Crippen LogP contribution in [0.1, 0.15) is 12.0 Å². The van der Waals surface area contributed by atoms with Crippen molar-refractivity contribution in [3.63, 3.8) is 0 Å². The summed E-state index contributed by atoms with van der Waals surface area (Å²) in [6, 6.07) is 8.53. The molecule has 1 fully saturated rings. The highest BCUT2D eigenvalue weighted by molar-refractivity contribution is 5.62. The molecule has 108 valence electrons. The van der Waals surface area contributed by atoms with Crippen molar-refractivity contribution in [2.24, 2.45) is 0 Å². The number of rotatable bonds is 4. The third-order valence-corrected chi connectivity index (χ3v) is 3.90. The Bertz CT molecular complexity index is 501. The molecule has 0 radical (unpaired) electrons. The lowest BCUT2D eigenvalue weighted by Gasteiger charge is -2.24. The molecule has 20 heavy (non-hydrogen) atoms. The van der Waals surface area contributed by atoms with Gasteiger partial charge in [-0.05, 0) is 31.2 Å². The van der Waals surface area contributed by atoms with Crippen molar-refractivity contribution in [2.75, 3.05) is 33.3 Å². The molecule has 0 saturated carbocycles. The van der Waals surface area contributed by atoms with E-state index in [4.69, 9.17) is 4.74 Å². The Hall–Kier alpha value is -1.36. The Kier molecular flexibility index (Phi) is 4.05. The van der Waals surface area contributed by atoms with Crippen LogP contribution in [0.25, 0.3) is 6.08 Å². The monoisotopic (exact) mass is 274 g/mol. The lowest BCUT2D eigenvalue weighted by atomic mass is 10.1. The molecule has 2 aliphatic heterocycles. The van der Waals surface area contributed by atoms with E-state index in [1.165, 1.54) is 5.57 Å². The maximum Gasteiger partial charge on any atom is 0.127 e. The summed E-state index contributed by atoms with van der Waals surface area (Å²) in [6.07, 6.45) is 2.90. The number of nitrogens with zero attached hydrogens (tertiary/aromatic N) is 1. The fourth-order valence-corrected chi connectivity index (χ4v) is 2.98. The van der Waals surface area contributed by atoms with E-state index < -0.39 is 0 Å². The van der Waals surface area contributed by atoms with Crippen LogP contribution in [0, 0.1) is 0 Å². The van der Waals surface area contributed by atoms with Gasteiger partial charge in [0, 0.05) is 31.2 Å². The SMILES string of the molecule is CN(CC1=Cc2ccccc2OC1)C[C@@H]1C[C@@H](O)CN1. The van der Waals surface area contributed by atoms with Crippen LogP contribution in [0.2, 0.25) is 0 Å². The fraction of sp³-hybridized carbons (Fsp3) is 0.500. The van der Waals surface area contributed by atoms with E-state index in [2.05, 4.69) is 29.4 Å². The van der Waals surface area contributed by atoms with Crippen molar-refractivity contribution in [3.8, 4) is 5.75 Å². The first kappa shape index (κ1) is 13.6. The normalized spacial score (nSPS) is 25.2. The molecule has 2 heterocycles. The summed E-state index contributed by atoms with van der Waals surface area (Å²) in [5, 5.41) is 12.9. The molecule has 1 aromatic rings. The highest BCUT2D eigenvalue weighted by Crippen LogP contribution is 2.25. The molecule has 0 aromatic heterocycles. The molecule has 3 rings (SSSR count). The minimum absolute atomic E-state index is 0.183. The standard InChI is InChI=1S/C16H22N2O2/c1-18(10-14-7-15(19)8-17-14)9-12-6-13-4-2-3-5-16(13)20-11-12/h2-6,14-15,17,19H,7-11H2,1H3/t14-,15+/m0/s1. The third-order valence-electron chi connectivity index (χ3n) is 3.90. The number of fused-ring (bicyclic) bond motifs is 1. The highest BCUT2D eigenvalue weighted by atomic mass is 16.5. The van der Waals surface area contributed by atoms with Gasteiger partial charge in [0.2, 0.25) is 0 Å². The Morgan fingerprint density at radius 3 is 3.05 bits per heavy atom. The molecule has 0 bridgehead atoms. The van der Waals surface area contributed by atoms with E-state index >= 15 is 0 Å². The molecular weight excluding hydrogens is 252 g/mol. The van der Waals surface area contributed by atoms with E-state index in [0.717, 1.165) is 37.4 Å². The number of hydrogen-bond acceptors (Lipinski definition) is 4. The van der Waals surface area contributed by atoms with Gasteiger partial charge in [-0.15, -0.1) is 0 Å². The maximum atomic E-state index is 9.53. The Balaban J connectivity index is 1.57. The lowest BCUT2D eigenvalue weighted by Crippen LogP contribution is -2.36. The Morgan fingerprint density at radius 2 is 2.25 bits per heavy atom. The van der Waals surface area contributed by atoms with Crippen LogP contribution in [0.4, 0.5) is 0 Å². The van der Waals surface area contributed by atoms with Gasteiger partial charge in [-0.1, -0.05) is 18.2 Å². The second kappa shape index (κ2) is 5.95. The molecular formula is C16H22N2O2.